The van der Waals surface area contributed by atoms with Crippen molar-refractivity contribution in [1.29, 1.82) is 0 Å². The standard InChI is InChI=1S/C18H22O6S2.C7H8O3S/c1-14-4-8-17(9-5-14)25(19,20)23-13-12-16(3)24-26(21,22)18-10-6-15(2)7-11-18;1-6-2-4-7(5-3-6)11(8,9)10/h4-11,16H,12-13H2,1-3H3;2-5H,1H3,(H,8,9,10). The lowest BCUT2D eigenvalue weighted by atomic mass is 10.2. The Morgan fingerprint density at radius 2 is 0.973 bits per heavy atom. The zero-order valence-corrected chi connectivity index (χ0v) is 23.3. The third-order valence-electron chi connectivity index (χ3n) is 4.99. The summed E-state index contributed by atoms with van der Waals surface area (Å²) in [4.78, 5) is 0.0511. The van der Waals surface area contributed by atoms with Gasteiger partial charge in [-0.1, -0.05) is 53.1 Å². The van der Waals surface area contributed by atoms with Crippen molar-refractivity contribution in [1.82, 2.24) is 0 Å². The van der Waals surface area contributed by atoms with Crippen molar-refractivity contribution in [2.24, 2.45) is 0 Å². The van der Waals surface area contributed by atoms with E-state index in [4.69, 9.17) is 12.9 Å². The Kier molecular flexibility index (Phi) is 10.6. The van der Waals surface area contributed by atoms with Crippen molar-refractivity contribution in [2.75, 3.05) is 6.61 Å². The van der Waals surface area contributed by atoms with Gasteiger partial charge < -0.3 is 0 Å². The number of rotatable bonds is 9. The smallest absolute Gasteiger partial charge is 0.282 e. The molecule has 0 spiro atoms. The Bertz CT molecular complexity index is 1480. The summed E-state index contributed by atoms with van der Waals surface area (Å²) < 4.78 is 88.1. The van der Waals surface area contributed by atoms with Crippen LogP contribution in [-0.2, 0) is 38.7 Å². The highest BCUT2D eigenvalue weighted by Gasteiger charge is 2.20. The van der Waals surface area contributed by atoms with Crippen molar-refractivity contribution >= 4 is 30.4 Å². The largest absolute Gasteiger partial charge is 0.297 e. The van der Waals surface area contributed by atoms with E-state index < -0.39 is 36.5 Å². The van der Waals surface area contributed by atoms with Crippen molar-refractivity contribution in [3.63, 3.8) is 0 Å². The molecule has 0 saturated heterocycles. The van der Waals surface area contributed by atoms with Crippen LogP contribution in [0.15, 0.2) is 87.5 Å². The molecule has 0 fully saturated rings. The summed E-state index contributed by atoms with van der Waals surface area (Å²) in [6.45, 7) is 6.92. The summed E-state index contributed by atoms with van der Waals surface area (Å²) >= 11 is 0. The summed E-state index contributed by atoms with van der Waals surface area (Å²) in [7, 11) is -11.8. The molecular weight excluding hydrogens is 540 g/mol. The Morgan fingerprint density at radius 1 is 0.622 bits per heavy atom. The van der Waals surface area contributed by atoms with E-state index in [0.29, 0.717) is 0 Å². The lowest BCUT2D eigenvalue weighted by Crippen LogP contribution is -2.18. The minimum Gasteiger partial charge on any atom is -0.282 e. The first-order valence-electron chi connectivity index (χ1n) is 11.1. The van der Waals surface area contributed by atoms with Gasteiger partial charge in [0.25, 0.3) is 30.4 Å². The van der Waals surface area contributed by atoms with Gasteiger partial charge >= 0.3 is 0 Å². The van der Waals surface area contributed by atoms with Crippen LogP contribution in [0.5, 0.6) is 0 Å². The van der Waals surface area contributed by atoms with Crippen LogP contribution >= 0.6 is 0 Å². The lowest BCUT2D eigenvalue weighted by Gasteiger charge is -2.13. The van der Waals surface area contributed by atoms with Crippen LogP contribution in [0.2, 0.25) is 0 Å². The maximum absolute atomic E-state index is 12.2. The molecule has 1 N–H and O–H groups in total. The maximum Gasteiger partial charge on any atom is 0.297 e. The van der Waals surface area contributed by atoms with Crippen molar-refractivity contribution in [3.8, 4) is 0 Å². The molecule has 0 aliphatic heterocycles. The van der Waals surface area contributed by atoms with Crippen LogP contribution in [-0.4, -0.2) is 42.5 Å². The van der Waals surface area contributed by atoms with Gasteiger partial charge in [-0.2, -0.15) is 25.3 Å². The highest BCUT2D eigenvalue weighted by molar-refractivity contribution is 7.87. The Hall–Kier alpha value is -2.61. The van der Waals surface area contributed by atoms with Crippen molar-refractivity contribution in [3.05, 3.63) is 89.5 Å². The van der Waals surface area contributed by atoms with Gasteiger partial charge in [0.15, 0.2) is 0 Å². The predicted molar refractivity (Wildman–Crippen MR) is 139 cm³/mol. The number of hydrogen-bond donors (Lipinski definition) is 1. The third kappa shape index (κ3) is 9.99. The van der Waals surface area contributed by atoms with Gasteiger partial charge in [-0.25, -0.2) is 0 Å². The summed E-state index contributed by atoms with van der Waals surface area (Å²) in [5, 5.41) is 0. The second-order valence-corrected chi connectivity index (χ2v) is 12.9. The SMILES string of the molecule is Cc1ccc(S(=O)(=O)O)cc1.Cc1ccc(S(=O)(=O)OCCC(C)OS(=O)(=O)c2ccc(C)cc2)cc1. The molecule has 9 nitrogen and oxygen atoms in total. The molecular formula is C25H30O9S3. The van der Waals surface area contributed by atoms with E-state index in [-0.39, 0.29) is 27.7 Å². The monoisotopic (exact) mass is 570 g/mol. The fraction of sp³-hybridized carbons (Fsp3) is 0.280. The molecule has 3 aromatic rings. The molecule has 37 heavy (non-hydrogen) atoms. The molecule has 0 radical (unpaired) electrons. The molecule has 0 amide bonds. The fourth-order valence-corrected chi connectivity index (χ4v) is 5.34. The highest BCUT2D eigenvalue weighted by Crippen LogP contribution is 2.18. The van der Waals surface area contributed by atoms with Gasteiger partial charge in [-0.15, -0.1) is 0 Å². The fourth-order valence-electron chi connectivity index (χ4n) is 2.83. The van der Waals surface area contributed by atoms with Gasteiger partial charge in [0.05, 0.1) is 27.4 Å². The summed E-state index contributed by atoms with van der Waals surface area (Å²) in [5.74, 6) is 0. The molecule has 0 heterocycles. The predicted octanol–water partition coefficient (Wildman–Crippen LogP) is 4.43. The number of benzene rings is 3. The van der Waals surface area contributed by atoms with E-state index in [2.05, 4.69) is 0 Å². The lowest BCUT2D eigenvalue weighted by molar-refractivity contribution is 0.185. The molecule has 12 heteroatoms. The quantitative estimate of drug-likeness (QED) is 0.292. The summed E-state index contributed by atoms with van der Waals surface area (Å²) in [6.07, 6.45) is -0.620. The molecule has 0 aromatic heterocycles. The zero-order chi connectivity index (χ0) is 27.9. The van der Waals surface area contributed by atoms with Gasteiger partial charge in [-0.3, -0.25) is 12.9 Å². The van der Waals surface area contributed by atoms with E-state index >= 15 is 0 Å². The van der Waals surface area contributed by atoms with Gasteiger partial charge in [0.2, 0.25) is 0 Å². The molecule has 0 aliphatic rings. The minimum absolute atomic E-state index is 0.0585. The maximum atomic E-state index is 12.2. The van der Waals surface area contributed by atoms with Gasteiger partial charge in [-0.05, 0) is 70.5 Å². The average molecular weight is 571 g/mol. The number of aryl methyl sites for hydroxylation is 3. The summed E-state index contributed by atoms with van der Waals surface area (Å²) in [5.41, 5.74) is 2.83. The Morgan fingerprint density at radius 3 is 1.35 bits per heavy atom. The molecule has 0 aliphatic carbocycles. The first-order valence-corrected chi connectivity index (χ1v) is 15.4. The second-order valence-electron chi connectivity index (χ2n) is 8.34. The second kappa shape index (κ2) is 12.8. The topological polar surface area (TPSA) is 141 Å². The van der Waals surface area contributed by atoms with E-state index in [1.165, 1.54) is 36.4 Å². The molecule has 3 aromatic carbocycles. The molecule has 0 bridgehead atoms. The van der Waals surface area contributed by atoms with Crippen LogP contribution in [0.1, 0.15) is 30.0 Å². The first kappa shape index (κ1) is 30.6. The van der Waals surface area contributed by atoms with Gasteiger partial charge in [0, 0.05) is 0 Å². The molecule has 202 valence electrons. The average Bonchev–Trinajstić information content (AvgIpc) is 2.79. The Labute approximate surface area is 219 Å². The van der Waals surface area contributed by atoms with E-state index in [1.54, 1.807) is 43.3 Å². The zero-order valence-electron chi connectivity index (χ0n) is 20.9. The van der Waals surface area contributed by atoms with E-state index in [1.807, 2.05) is 20.8 Å². The van der Waals surface area contributed by atoms with Crippen molar-refractivity contribution in [2.45, 2.75) is 54.9 Å². The van der Waals surface area contributed by atoms with Crippen LogP contribution in [0.25, 0.3) is 0 Å². The Balaban J connectivity index is 0.000000364. The molecule has 1 unspecified atom stereocenters. The number of hydrogen-bond acceptors (Lipinski definition) is 8. The van der Waals surface area contributed by atoms with Crippen LogP contribution in [0.3, 0.4) is 0 Å². The molecule has 3 rings (SSSR count). The third-order valence-corrected chi connectivity index (χ3v) is 8.62. The normalized spacial score (nSPS) is 12.9. The molecule has 0 saturated carbocycles. The van der Waals surface area contributed by atoms with Crippen LogP contribution in [0, 0.1) is 20.8 Å². The van der Waals surface area contributed by atoms with E-state index in [9.17, 15) is 25.3 Å². The van der Waals surface area contributed by atoms with Crippen molar-refractivity contribution < 1.29 is 38.2 Å². The highest BCUT2D eigenvalue weighted by atomic mass is 32.2. The first-order chi connectivity index (χ1) is 17.1. The minimum atomic E-state index is -4.02. The van der Waals surface area contributed by atoms with Crippen LogP contribution in [0.4, 0.5) is 0 Å². The molecule has 1 atom stereocenters. The van der Waals surface area contributed by atoms with Gasteiger partial charge in [0.1, 0.15) is 0 Å². The van der Waals surface area contributed by atoms with Crippen LogP contribution < -0.4 is 0 Å². The van der Waals surface area contributed by atoms with E-state index in [0.717, 1.165) is 16.7 Å². The summed E-state index contributed by atoms with van der Waals surface area (Å²) in [6, 6.07) is 18.6.